The molecule has 0 radical (unpaired) electrons. The number of aromatic nitrogens is 1. The van der Waals surface area contributed by atoms with E-state index in [1.807, 2.05) is 97.1 Å². The van der Waals surface area contributed by atoms with Crippen LogP contribution >= 0.6 is 22.9 Å². The largest absolute Gasteiger partial charge is 0.273 e. The summed E-state index contributed by atoms with van der Waals surface area (Å²) in [5.41, 5.74) is 3.41. The Morgan fingerprint density at radius 1 is 0.781 bits per heavy atom. The number of para-hydroxylation sites is 1. The van der Waals surface area contributed by atoms with Gasteiger partial charge in [0.25, 0.3) is 0 Å². The number of amides is 1. The normalized spacial score (nSPS) is 11.1. The quantitative estimate of drug-likeness (QED) is 0.276. The molecule has 0 aliphatic rings. The molecule has 5 aromatic rings. The molecule has 0 N–H and O–H groups in total. The molecular weight excluding hydrogens is 436 g/mol. The molecule has 0 aliphatic carbocycles. The van der Waals surface area contributed by atoms with Gasteiger partial charge in [-0.15, -0.1) is 0 Å². The highest BCUT2D eigenvalue weighted by Gasteiger charge is 2.31. The van der Waals surface area contributed by atoms with Crippen LogP contribution in [0.25, 0.3) is 10.2 Å². The van der Waals surface area contributed by atoms with E-state index >= 15 is 0 Å². The summed E-state index contributed by atoms with van der Waals surface area (Å²) in [4.78, 5) is 20.8. The second kappa shape index (κ2) is 8.95. The molecule has 5 heteroatoms. The van der Waals surface area contributed by atoms with Gasteiger partial charge in [-0.25, -0.2) is 4.98 Å². The van der Waals surface area contributed by atoms with Gasteiger partial charge in [0.15, 0.2) is 5.13 Å². The van der Waals surface area contributed by atoms with E-state index in [9.17, 15) is 4.79 Å². The maximum absolute atomic E-state index is 14.3. The molecule has 0 atom stereocenters. The molecule has 0 saturated heterocycles. The van der Waals surface area contributed by atoms with Crippen LogP contribution in [-0.4, -0.2) is 10.9 Å². The van der Waals surface area contributed by atoms with Gasteiger partial charge in [-0.3, -0.25) is 9.69 Å². The number of thiazole rings is 1. The maximum atomic E-state index is 14.3. The van der Waals surface area contributed by atoms with Gasteiger partial charge < -0.3 is 0 Å². The minimum Gasteiger partial charge on any atom is -0.273 e. The van der Waals surface area contributed by atoms with Crippen molar-refractivity contribution in [1.82, 2.24) is 4.98 Å². The Kier molecular flexibility index (Phi) is 5.71. The van der Waals surface area contributed by atoms with Crippen LogP contribution in [0.4, 0.5) is 10.8 Å². The summed E-state index contributed by atoms with van der Waals surface area (Å²) >= 11 is 7.81. The predicted molar refractivity (Wildman–Crippen MR) is 133 cm³/mol. The topological polar surface area (TPSA) is 33.2 Å². The van der Waals surface area contributed by atoms with Crippen LogP contribution < -0.4 is 4.90 Å². The average molecular weight is 455 g/mol. The number of fused-ring (bicyclic) bond motifs is 1. The zero-order chi connectivity index (χ0) is 21.9. The van der Waals surface area contributed by atoms with Crippen LogP contribution in [0, 0.1) is 0 Å². The fourth-order valence-corrected chi connectivity index (χ4v) is 4.98. The van der Waals surface area contributed by atoms with Crippen molar-refractivity contribution < 1.29 is 4.79 Å². The van der Waals surface area contributed by atoms with Gasteiger partial charge in [0, 0.05) is 5.02 Å². The van der Waals surface area contributed by atoms with Gasteiger partial charge in [-0.05, 0) is 41.5 Å². The Bertz CT molecular complexity index is 1300. The molecule has 0 spiro atoms. The summed E-state index contributed by atoms with van der Waals surface area (Å²) in [6.45, 7) is 0. The molecule has 0 fully saturated rings. The smallest absolute Gasteiger partial charge is 0.245 e. The predicted octanol–water partition coefficient (Wildman–Crippen LogP) is 7.45. The van der Waals surface area contributed by atoms with Crippen LogP contribution in [0.5, 0.6) is 0 Å². The van der Waals surface area contributed by atoms with Crippen LogP contribution in [0.15, 0.2) is 109 Å². The summed E-state index contributed by atoms with van der Waals surface area (Å²) in [6.07, 6.45) is 0. The molecule has 0 aliphatic heterocycles. The number of rotatable bonds is 5. The number of halogens is 1. The second-order valence-electron chi connectivity index (χ2n) is 7.37. The number of carbonyl (C=O) groups is 1. The molecule has 156 valence electrons. The zero-order valence-electron chi connectivity index (χ0n) is 17.1. The summed E-state index contributed by atoms with van der Waals surface area (Å²) in [5, 5.41) is 1.19. The van der Waals surface area contributed by atoms with E-state index in [0.717, 1.165) is 21.3 Å². The number of benzene rings is 4. The highest BCUT2D eigenvalue weighted by Crippen LogP contribution is 2.38. The third-order valence-corrected chi connectivity index (χ3v) is 6.53. The molecule has 0 bridgehead atoms. The van der Waals surface area contributed by atoms with Crippen LogP contribution in [-0.2, 0) is 4.79 Å². The Balaban J connectivity index is 1.69. The van der Waals surface area contributed by atoms with E-state index in [0.29, 0.717) is 15.8 Å². The summed E-state index contributed by atoms with van der Waals surface area (Å²) in [7, 11) is 0. The molecule has 1 amide bonds. The second-order valence-corrected chi connectivity index (χ2v) is 8.82. The number of anilines is 2. The average Bonchev–Trinajstić information content (AvgIpc) is 3.24. The van der Waals surface area contributed by atoms with Crippen molar-refractivity contribution in [2.45, 2.75) is 5.92 Å². The number of hydrogen-bond donors (Lipinski definition) is 0. The number of hydrogen-bond acceptors (Lipinski definition) is 3. The van der Waals surface area contributed by atoms with E-state index in [4.69, 9.17) is 16.6 Å². The van der Waals surface area contributed by atoms with Crippen molar-refractivity contribution >= 4 is 49.9 Å². The minimum absolute atomic E-state index is 0.0799. The van der Waals surface area contributed by atoms with E-state index in [-0.39, 0.29) is 5.91 Å². The van der Waals surface area contributed by atoms with Crippen LogP contribution in [0.2, 0.25) is 5.02 Å². The Hall–Kier alpha value is -3.47. The minimum atomic E-state index is -0.483. The summed E-state index contributed by atoms with van der Waals surface area (Å²) in [5.74, 6) is -0.563. The molecular formula is C27H19ClN2OS. The lowest BCUT2D eigenvalue weighted by Crippen LogP contribution is -2.32. The van der Waals surface area contributed by atoms with E-state index in [2.05, 4.69) is 0 Å². The lowest BCUT2D eigenvalue weighted by molar-refractivity contribution is -0.118. The van der Waals surface area contributed by atoms with Gasteiger partial charge in [0.2, 0.25) is 5.91 Å². The van der Waals surface area contributed by atoms with Crippen LogP contribution in [0.1, 0.15) is 17.0 Å². The van der Waals surface area contributed by atoms with Crippen molar-refractivity contribution in [2.24, 2.45) is 0 Å². The molecule has 1 heterocycles. The first-order valence-corrected chi connectivity index (χ1v) is 11.4. The van der Waals surface area contributed by atoms with E-state index in [1.54, 1.807) is 17.0 Å². The molecule has 0 unspecified atom stereocenters. The van der Waals surface area contributed by atoms with Crippen molar-refractivity contribution in [1.29, 1.82) is 0 Å². The number of carbonyl (C=O) groups excluding carboxylic acids is 1. The monoisotopic (exact) mass is 454 g/mol. The molecule has 32 heavy (non-hydrogen) atoms. The fraction of sp³-hybridized carbons (Fsp3) is 0.0370. The van der Waals surface area contributed by atoms with Gasteiger partial charge in [-0.1, -0.05) is 102 Å². The standard InChI is InChI=1S/C27H19ClN2OS/c28-21-14-9-15-22(18-21)30(27-29-23-16-7-8-17-24(23)32-27)26(31)25(19-10-3-1-4-11-19)20-12-5-2-6-13-20/h1-18,25H. The van der Waals surface area contributed by atoms with Crippen molar-refractivity contribution in [3.8, 4) is 0 Å². The van der Waals surface area contributed by atoms with Gasteiger partial charge >= 0.3 is 0 Å². The van der Waals surface area contributed by atoms with Crippen LogP contribution in [0.3, 0.4) is 0 Å². The first-order chi connectivity index (χ1) is 15.7. The highest BCUT2D eigenvalue weighted by molar-refractivity contribution is 7.22. The Labute approximate surface area is 195 Å². The van der Waals surface area contributed by atoms with E-state index in [1.165, 1.54) is 11.3 Å². The lowest BCUT2D eigenvalue weighted by atomic mass is 9.90. The highest BCUT2D eigenvalue weighted by atomic mass is 35.5. The first kappa shape index (κ1) is 20.4. The Morgan fingerprint density at radius 3 is 2.03 bits per heavy atom. The van der Waals surface area contributed by atoms with Crippen molar-refractivity contribution in [3.05, 3.63) is 125 Å². The summed E-state index contributed by atoms with van der Waals surface area (Å²) < 4.78 is 1.03. The van der Waals surface area contributed by atoms with Gasteiger partial charge in [0.1, 0.15) is 0 Å². The third kappa shape index (κ3) is 4.03. The first-order valence-electron chi connectivity index (χ1n) is 10.3. The molecule has 0 saturated carbocycles. The zero-order valence-corrected chi connectivity index (χ0v) is 18.6. The maximum Gasteiger partial charge on any atom is 0.245 e. The third-order valence-electron chi connectivity index (χ3n) is 5.27. The molecule has 1 aromatic heterocycles. The molecule has 3 nitrogen and oxygen atoms in total. The lowest BCUT2D eigenvalue weighted by Gasteiger charge is -2.26. The van der Waals surface area contributed by atoms with Crippen molar-refractivity contribution in [3.63, 3.8) is 0 Å². The number of nitrogens with zero attached hydrogens (tertiary/aromatic N) is 2. The molecule has 4 aromatic carbocycles. The fourth-order valence-electron chi connectivity index (χ4n) is 3.80. The van der Waals surface area contributed by atoms with E-state index < -0.39 is 5.92 Å². The summed E-state index contributed by atoms with van der Waals surface area (Å²) in [6, 6.07) is 35.0. The molecule has 5 rings (SSSR count). The van der Waals surface area contributed by atoms with Gasteiger partial charge in [0.05, 0.1) is 21.8 Å². The SMILES string of the molecule is O=C(C(c1ccccc1)c1ccccc1)N(c1cccc(Cl)c1)c1nc2ccccc2s1. The van der Waals surface area contributed by atoms with Gasteiger partial charge in [-0.2, -0.15) is 0 Å². The van der Waals surface area contributed by atoms with Crippen molar-refractivity contribution in [2.75, 3.05) is 4.90 Å². The Morgan fingerprint density at radius 2 is 1.41 bits per heavy atom.